The molecule has 0 bridgehead atoms. The van der Waals surface area contributed by atoms with E-state index < -0.39 is 12.1 Å². The number of ether oxygens (including phenoxy) is 1. The van der Waals surface area contributed by atoms with Gasteiger partial charge in [-0.2, -0.15) is 5.10 Å². The Morgan fingerprint density at radius 2 is 2.04 bits per heavy atom. The van der Waals surface area contributed by atoms with Crippen molar-refractivity contribution in [3.63, 3.8) is 0 Å². The Kier molecular flexibility index (Phi) is 4.58. The molecule has 0 amide bonds. The minimum Gasteiger partial charge on any atom is -0.464 e. The molecule has 4 heterocycles. The van der Waals surface area contributed by atoms with Crippen LogP contribution in [0, 0.1) is 6.92 Å². The summed E-state index contributed by atoms with van der Waals surface area (Å²) in [5.74, 6) is -0.558. The highest BCUT2D eigenvalue weighted by Crippen LogP contribution is 2.34. The molecular formula is C21H18N4O3. The molecule has 0 fully saturated rings. The molecule has 7 heteroatoms. The number of hydrogen-bond acceptors (Lipinski definition) is 6. The molecule has 140 valence electrons. The zero-order valence-electron chi connectivity index (χ0n) is 15.4. The second-order valence-corrected chi connectivity index (χ2v) is 6.38. The molecule has 0 saturated carbocycles. The predicted octanol–water partition coefficient (Wildman–Crippen LogP) is 2.97. The number of carbonyl (C=O) groups excluding carboxylic acids is 1. The fourth-order valence-corrected chi connectivity index (χ4v) is 3.13. The maximum Gasteiger partial charge on any atom is 0.356 e. The topological polar surface area (TPSA) is 89.6 Å². The first kappa shape index (κ1) is 17.8. The Labute approximate surface area is 161 Å². The molecule has 28 heavy (non-hydrogen) atoms. The number of aliphatic hydroxyl groups excluding tert-OH is 1. The van der Waals surface area contributed by atoms with Gasteiger partial charge in [0.1, 0.15) is 17.5 Å². The van der Waals surface area contributed by atoms with E-state index in [1.165, 1.54) is 7.11 Å². The van der Waals surface area contributed by atoms with E-state index in [1.807, 2.05) is 37.4 Å². The van der Waals surface area contributed by atoms with Gasteiger partial charge in [0.15, 0.2) is 0 Å². The summed E-state index contributed by atoms with van der Waals surface area (Å²) < 4.78 is 6.47. The highest BCUT2D eigenvalue weighted by atomic mass is 16.5. The van der Waals surface area contributed by atoms with E-state index in [0.717, 1.165) is 16.6 Å². The minimum atomic E-state index is -1.08. The van der Waals surface area contributed by atoms with Gasteiger partial charge in [0.05, 0.1) is 18.3 Å². The summed E-state index contributed by atoms with van der Waals surface area (Å²) in [6.45, 7) is 1.97. The zero-order valence-corrected chi connectivity index (χ0v) is 15.4. The Hall–Kier alpha value is -3.58. The van der Waals surface area contributed by atoms with Crippen molar-refractivity contribution in [2.75, 3.05) is 7.11 Å². The molecule has 1 N–H and O–H groups in total. The molecule has 1 atom stereocenters. The Balaban J connectivity index is 1.91. The monoisotopic (exact) mass is 374 g/mol. The van der Waals surface area contributed by atoms with Crippen molar-refractivity contribution in [2.24, 2.45) is 0 Å². The molecule has 4 aromatic heterocycles. The van der Waals surface area contributed by atoms with Gasteiger partial charge in [-0.3, -0.25) is 4.98 Å². The molecule has 1 unspecified atom stereocenters. The molecule has 4 aromatic rings. The van der Waals surface area contributed by atoms with Crippen molar-refractivity contribution in [1.82, 2.24) is 19.6 Å². The number of aryl methyl sites for hydroxylation is 1. The fraction of sp³-hybridized carbons (Fsp3) is 0.143. The van der Waals surface area contributed by atoms with Crippen LogP contribution in [0.3, 0.4) is 0 Å². The molecule has 7 nitrogen and oxygen atoms in total. The van der Waals surface area contributed by atoms with Crippen LogP contribution < -0.4 is 0 Å². The SMILES string of the molecule is COC(=O)c1cccc(C(O)c2c(-c3cccnc3)nn3cc(C)ccc23)n1. The van der Waals surface area contributed by atoms with E-state index in [4.69, 9.17) is 4.74 Å². The highest BCUT2D eigenvalue weighted by Gasteiger charge is 2.24. The van der Waals surface area contributed by atoms with Gasteiger partial charge in [-0.05, 0) is 42.8 Å². The molecule has 0 aliphatic rings. The van der Waals surface area contributed by atoms with Crippen molar-refractivity contribution in [1.29, 1.82) is 0 Å². The van der Waals surface area contributed by atoms with Crippen LogP contribution in [0.1, 0.15) is 33.4 Å². The fourth-order valence-electron chi connectivity index (χ4n) is 3.13. The van der Waals surface area contributed by atoms with E-state index >= 15 is 0 Å². The first-order valence-electron chi connectivity index (χ1n) is 8.71. The molecule has 0 aliphatic heterocycles. The van der Waals surface area contributed by atoms with Gasteiger partial charge in [-0.15, -0.1) is 0 Å². The number of carbonyl (C=O) groups is 1. The number of nitrogens with zero attached hydrogens (tertiary/aromatic N) is 4. The minimum absolute atomic E-state index is 0.134. The van der Waals surface area contributed by atoms with E-state index in [-0.39, 0.29) is 5.69 Å². The number of fused-ring (bicyclic) bond motifs is 1. The third kappa shape index (κ3) is 3.12. The van der Waals surface area contributed by atoms with Gasteiger partial charge in [0.2, 0.25) is 0 Å². The first-order valence-corrected chi connectivity index (χ1v) is 8.71. The van der Waals surface area contributed by atoms with Crippen molar-refractivity contribution >= 4 is 11.5 Å². The second-order valence-electron chi connectivity index (χ2n) is 6.38. The Morgan fingerprint density at radius 1 is 1.18 bits per heavy atom. The molecule has 0 spiro atoms. The lowest BCUT2D eigenvalue weighted by molar-refractivity contribution is 0.0593. The summed E-state index contributed by atoms with van der Waals surface area (Å²) in [7, 11) is 1.29. The van der Waals surface area contributed by atoms with E-state index in [2.05, 4.69) is 15.1 Å². The molecule has 0 saturated heterocycles. The summed E-state index contributed by atoms with van der Waals surface area (Å²) in [4.78, 5) is 20.3. The van der Waals surface area contributed by atoms with Crippen molar-refractivity contribution in [3.05, 3.63) is 83.6 Å². The second kappa shape index (κ2) is 7.21. The normalized spacial score (nSPS) is 12.1. The van der Waals surface area contributed by atoms with E-state index in [9.17, 15) is 9.90 Å². The van der Waals surface area contributed by atoms with Gasteiger partial charge < -0.3 is 9.84 Å². The number of hydrogen-bond donors (Lipinski definition) is 1. The average molecular weight is 374 g/mol. The number of esters is 1. The van der Waals surface area contributed by atoms with Crippen LogP contribution in [0.5, 0.6) is 0 Å². The van der Waals surface area contributed by atoms with Crippen molar-refractivity contribution < 1.29 is 14.6 Å². The molecular weight excluding hydrogens is 356 g/mol. The van der Waals surface area contributed by atoms with Crippen LogP contribution in [-0.2, 0) is 4.74 Å². The quantitative estimate of drug-likeness (QED) is 0.553. The number of rotatable bonds is 4. The van der Waals surface area contributed by atoms with Gasteiger partial charge in [-0.25, -0.2) is 14.3 Å². The van der Waals surface area contributed by atoms with E-state index in [1.54, 1.807) is 35.1 Å². The molecule has 4 rings (SSSR count). The van der Waals surface area contributed by atoms with Crippen LogP contribution >= 0.6 is 0 Å². The maximum absolute atomic E-state index is 11.8. The summed E-state index contributed by atoms with van der Waals surface area (Å²) in [6.07, 6.45) is 4.19. The predicted molar refractivity (Wildman–Crippen MR) is 103 cm³/mol. The average Bonchev–Trinajstić information content (AvgIpc) is 3.11. The summed E-state index contributed by atoms with van der Waals surface area (Å²) in [5, 5.41) is 15.8. The maximum atomic E-state index is 11.8. The van der Waals surface area contributed by atoms with Gasteiger partial charge >= 0.3 is 5.97 Å². The van der Waals surface area contributed by atoms with Crippen LogP contribution in [0.2, 0.25) is 0 Å². The van der Waals surface area contributed by atoms with Gasteiger partial charge in [0.25, 0.3) is 0 Å². The van der Waals surface area contributed by atoms with Gasteiger partial charge in [-0.1, -0.05) is 12.1 Å². The smallest absolute Gasteiger partial charge is 0.356 e. The number of aromatic nitrogens is 4. The summed E-state index contributed by atoms with van der Waals surface area (Å²) >= 11 is 0. The molecule has 0 aliphatic carbocycles. The number of methoxy groups -OCH3 is 1. The number of pyridine rings is 3. The highest BCUT2D eigenvalue weighted by molar-refractivity contribution is 5.87. The number of aliphatic hydroxyl groups is 1. The standard InChI is InChI=1S/C21H18N4O3/c1-13-8-9-17-18(19(24-25(17)12-13)14-5-4-10-22-11-14)20(26)15-6-3-7-16(23-15)21(27)28-2/h3-12,20,26H,1-2H3. The van der Waals surface area contributed by atoms with Crippen LogP contribution in [0.4, 0.5) is 0 Å². The first-order chi connectivity index (χ1) is 13.6. The van der Waals surface area contributed by atoms with Gasteiger partial charge in [0, 0.05) is 29.7 Å². The van der Waals surface area contributed by atoms with E-state index in [0.29, 0.717) is 17.0 Å². The lowest BCUT2D eigenvalue weighted by Crippen LogP contribution is -2.09. The Bertz CT molecular complexity index is 1160. The molecule has 0 aromatic carbocycles. The lowest BCUT2D eigenvalue weighted by atomic mass is 10.0. The zero-order chi connectivity index (χ0) is 19.7. The van der Waals surface area contributed by atoms with Crippen LogP contribution in [0.25, 0.3) is 16.8 Å². The van der Waals surface area contributed by atoms with Crippen molar-refractivity contribution in [2.45, 2.75) is 13.0 Å². The Morgan fingerprint density at radius 3 is 2.79 bits per heavy atom. The van der Waals surface area contributed by atoms with Crippen LogP contribution in [-0.4, -0.2) is 37.8 Å². The molecule has 0 radical (unpaired) electrons. The lowest BCUT2D eigenvalue weighted by Gasteiger charge is -2.12. The summed E-state index contributed by atoms with van der Waals surface area (Å²) in [6, 6.07) is 12.4. The largest absolute Gasteiger partial charge is 0.464 e. The third-order valence-corrected chi connectivity index (χ3v) is 4.47. The third-order valence-electron chi connectivity index (χ3n) is 4.47. The van der Waals surface area contributed by atoms with Crippen molar-refractivity contribution in [3.8, 4) is 11.3 Å². The van der Waals surface area contributed by atoms with Crippen LogP contribution in [0.15, 0.2) is 61.1 Å². The summed E-state index contributed by atoms with van der Waals surface area (Å²) in [5.41, 5.74) is 4.25.